The molecule has 0 aliphatic carbocycles. The molecule has 0 radical (unpaired) electrons. The van der Waals surface area contributed by atoms with Gasteiger partial charge < -0.3 is 10.1 Å². The summed E-state index contributed by atoms with van der Waals surface area (Å²) in [6.07, 6.45) is 0. The molecule has 1 N–H and O–H groups in total. The number of ether oxygens (including phenoxy) is 1. The van der Waals surface area contributed by atoms with Crippen LogP contribution in [0.4, 0.5) is 5.69 Å². The molecule has 2 aromatic carbocycles. The average molecular weight is 377 g/mol. The van der Waals surface area contributed by atoms with E-state index >= 15 is 0 Å². The molecule has 0 spiro atoms. The standard InChI is InChI=1S/C18H21BrN2O2/c1-13(21(2)12-14-8-10-15(19)11-9-14)18(22)20-16-6-4-5-7-17(16)23-3/h4-11,13H,12H2,1-3H3,(H,20,22)/t13-/m1/s1. The van der Waals surface area contributed by atoms with Gasteiger partial charge in [-0.1, -0.05) is 40.2 Å². The molecule has 0 saturated heterocycles. The summed E-state index contributed by atoms with van der Waals surface area (Å²) in [4.78, 5) is 14.5. The first-order chi connectivity index (χ1) is 11.0. The van der Waals surface area contributed by atoms with Crippen molar-refractivity contribution in [3.05, 3.63) is 58.6 Å². The van der Waals surface area contributed by atoms with Crippen LogP contribution in [0.25, 0.3) is 0 Å². The van der Waals surface area contributed by atoms with Crippen LogP contribution in [-0.4, -0.2) is 31.0 Å². The Morgan fingerprint density at radius 3 is 2.52 bits per heavy atom. The monoisotopic (exact) mass is 376 g/mol. The lowest BCUT2D eigenvalue weighted by atomic mass is 10.2. The first kappa shape index (κ1) is 17.5. The molecular weight excluding hydrogens is 356 g/mol. The summed E-state index contributed by atoms with van der Waals surface area (Å²) in [6, 6.07) is 15.2. The molecule has 2 aromatic rings. The van der Waals surface area contributed by atoms with E-state index in [-0.39, 0.29) is 11.9 Å². The van der Waals surface area contributed by atoms with E-state index in [1.807, 2.05) is 67.4 Å². The fourth-order valence-electron chi connectivity index (χ4n) is 2.20. The molecule has 0 saturated carbocycles. The maximum absolute atomic E-state index is 12.5. The molecule has 0 unspecified atom stereocenters. The maximum atomic E-state index is 12.5. The van der Waals surface area contributed by atoms with Gasteiger partial charge in [0.2, 0.25) is 5.91 Å². The number of amides is 1. The summed E-state index contributed by atoms with van der Waals surface area (Å²) in [5.74, 6) is 0.595. The van der Waals surface area contributed by atoms with Crippen LogP contribution < -0.4 is 10.1 Å². The first-order valence-corrected chi connectivity index (χ1v) is 8.19. The van der Waals surface area contributed by atoms with E-state index in [0.29, 0.717) is 18.0 Å². The summed E-state index contributed by atoms with van der Waals surface area (Å²) < 4.78 is 6.31. The zero-order chi connectivity index (χ0) is 16.8. The predicted octanol–water partition coefficient (Wildman–Crippen LogP) is 3.92. The van der Waals surface area contributed by atoms with E-state index < -0.39 is 0 Å². The van der Waals surface area contributed by atoms with E-state index in [9.17, 15) is 4.79 Å². The third kappa shape index (κ3) is 4.81. The van der Waals surface area contributed by atoms with Crippen LogP contribution in [0.3, 0.4) is 0 Å². The molecular formula is C18H21BrN2O2. The molecule has 0 fully saturated rings. The molecule has 1 atom stereocenters. The third-order valence-electron chi connectivity index (χ3n) is 3.75. The second kappa shape index (κ2) is 8.13. The van der Waals surface area contributed by atoms with E-state index in [4.69, 9.17) is 4.74 Å². The lowest BCUT2D eigenvalue weighted by Crippen LogP contribution is -2.39. The summed E-state index contributed by atoms with van der Waals surface area (Å²) in [6.45, 7) is 2.59. The van der Waals surface area contributed by atoms with Gasteiger partial charge >= 0.3 is 0 Å². The highest BCUT2D eigenvalue weighted by Crippen LogP contribution is 2.23. The van der Waals surface area contributed by atoms with Gasteiger partial charge in [0.25, 0.3) is 0 Å². The molecule has 0 aromatic heterocycles. The Bertz CT molecular complexity index is 658. The summed E-state index contributed by atoms with van der Waals surface area (Å²) in [7, 11) is 3.53. The Balaban J connectivity index is 1.99. The lowest BCUT2D eigenvalue weighted by molar-refractivity contribution is -0.120. The Labute approximate surface area is 145 Å². The zero-order valence-corrected chi connectivity index (χ0v) is 15.1. The largest absolute Gasteiger partial charge is 0.495 e. The number of likely N-dealkylation sites (N-methyl/N-ethyl adjacent to an activating group) is 1. The second-order valence-electron chi connectivity index (χ2n) is 5.41. The topological polar surface area (TPSA) is 41.6 Å². The van der Waals surface area contributed by atoms with Crippen molar-refractivity contribution in [1.82, 2.24) is 4.90 Å². The van der Waals surface area contributed by atoms with E-state index in [0.717, 1.165) is 10.0 Å². The number of anilines is 1. The number of para-hydroxylation sites is 2. The molecule has 4 nitrogen and oxygen atoms in total. The van der Waals surface area contributed by atoms with Crippen molar-refractivity contribution in [2.45, 2.75) is 19.5 Å². The minimum absolute atomic E-state index is 0.0610. The Hall–Kier alpha value is -1.85. The number of hydrogen-bond acceptors (Lipinski definition) is 3. The van der Waals surface area contributed by atoms with Crippen LogP contribution >= 0.6 is 15.9 Å². The summed E-state index contributed by atoms with van der Waals surface area (Å²) >= 11 is 3.42. The van der Waals surface area contributed by atoms with Gasteiger partial charge in [0, 0.05) is 11.0 Å². The number of carbonyl (C=O) groups excluding carboxylic acids is 1. The van der Waals surface area contributed by atoms with Gasteiger partial charge in [0.15, 0.2) is 0 Å². The normalized spacial score (nSPS) is 12.0. The van der Waals surface area contributed by atoms with Crippen LogP contribution in [0, 0.1) is 0 Å². The van der Waals surface area contributed by atoms with Gasteiger partial charge in [0.1, 0.15) is 5.75 Å². The minimum Gasteiger partial charge on any atom is -0.495 e. The van der Waals surface area contributed by atoms with Crippen LogP contribution in [0.2, 0.25) is 0 Å². The van der Waals surface area contributed by atoms with Crippen LogP contribution in [0.5, 0.6) is 5.75 Å². The average Bonchev–Trinajstić information content (AvgIpc) is 2.56. The number of carbonyl (C=O) groups is 1. The number of benzene rings is 2. The SMILES string of the molecule is COc1ccccc1NC(=O)[C@@H](C)N(C)Cc1ccc(Br)cc1. The summed E-state index contributed by atoms with van der Waals surface area (Å²) in [5, 5.41) is 2.92. The van der Waals surface area contributed by atoms with Crippen molar-refractivity contribution < 1.29 is 9.53 Å². The molecule has 0 aliphatic heterocycles. The van der Waals surface area contributed by atoms with E-state index in [1.54, 1.807) is 7.11 Å². The zero-order valence-electron chi connectivity index (χ0n) is 13.5. The number of halogens is 1. The van der Waals surface area contributed by atoms with Crippen LogP contribution in [-0.2, 0) is 11.3 Å². The maximum Gasteiger partial charge on any atom is 0.241 e. The van der Waals surface area contributed by atoms with Crippen LogP contribution in [0.1, 0.15) is 12.5 Å². The van der Waals surface area contributed by atoms with Gasteiger partial charge in [-0.05, 0) is 43.8 Å². The molecule has 2 rings (SSSR count). The Morgan fingerprint density at radius 2 is 1.87 bits per heavy atom. The van der Waals surface area contributed by atoms with Gasteiger partial charge in [-0.3, -0.25) is 9.69 Å². The molecule has 5 heteroatoms. The Kier molecular flexibility index (Phi) is 6.19. The quantitative estimate of drug-likeness (QED) is 0.830. The van der Waals surface area contributed by atoms with Gasteiger partial charge in [-0.25, -0.2) is 0 Å². The molecule has 1 amide bonds. The number of rotatable bonds is 6. The number of hydrogen-bond donors (Lipinski definition) is 1. The van der Waals surface area contributed by atoms with E-state index in [2.05, 4.69) is 21.2 Å². The van der Waals surface area contributed by atoms with Crippen molar-refractivity contribution in [2.75, 3.05) is 19.5 Å². The fraction of sp³-hybridized carbons (Fsp3) is 0.278. The molecule has 122 valence electrons. The summed E-state index contributed by atoms with van der Waals surface area (Å²) in [5.41, 5.74) is 1.84. The van der Waals surface area contributed by atoms with Crippen LogP contribution in [0.15, 0.2) is 53.0 Å². The number of methoxy groups -OCH3 is 1. The van der Waals surface area contributed by atoms with Gasteiger partial charge in [0.05, 0.1) is 18.8 Å². The highest BCUT2D eigenvalue weighted by molar-refractivity contribution is 9.10. The van der Waals surface area contributed by atoms with Crippen molar-refractivity contribution in [2.24, 2.45) is 0 Å². The van der Waals surface area contributed by atoms with Gasteiger partial charge in [-0.2, -0.15) is 0 Å². The number of nitrogens with zero attached hydrogens (tertiary/aromatic N) is 1. The van der Waals surface area contributed by atoms with E-state index in [1.165, 1.54) is 0 Å². The van der Waals surface area contributed by atoms with Crippen molar-refractivity contribution in [3.63, 3.8) is 0 Å². The first-order valence-electron chi connectivity index (χ1n) is 7.40. The smallest absolute Gasteiger partial charge is 0.241 e. The Morgan fingerprint density at radius 1 is 1.22 bits per heavy atom. The molecule has 0 aliphatic rings. The molecule has 0 bridgehead atoms. The molecule has 23 heavy (non-hydrogen) atoms. The highest BCUT2D eigenvalue weighted by Gasteiger charge is 2.19. The van der Waals surface area contributed by atoms with Crippen molar-refractivity contribution >= 4 is 27.5 Å². The van der Waals surface area contributed by atoms with Crippen molar-refractivity contribution in [3.8, 4) is 5.75 Å². The minimum atomic E-state index is -0.261. The number of nitrogens with one attached hydrogen (secondary N) is 1. The lowest BCUT2D eigenvalue weighted by Gasteiger charge is -2.24. The molecule has 0 heterocycles. The second-order valence-corrected chi connectivity index (χ2v) is 6.32. The third-order valence-corrected chi connectivity index (χ3v) is 4.28. The van der Waals surface area contributed by atoms with Gasteiger partial charge in [-0.15, -0.1) is 0 Å². The highest BCUT2D eigenvalue weighted by atomic mass is 79.9. The predicted molar refractivity (Wildman–Crippen MR) is 96.7 cm³/mol. The van der Waals surface area contributed by atoms with Crippen molar-refractivity contribution in [1.29, 1.82) is 0 Å². The fourth-order valence-corrected chi connectivity index (χ4v) is 2.46.